The summed E-state index contributed by atoms with van der Waals surface area (Å²) in [6, 6.07) is 9.34. The summed E-state index contributed by atoms with van der Waals surface area (Å²) in [6.07, 6.45) is 3.39. The van der Waals surface area contributed by atoms with Gasteiger partial charge in [0.15, 0.2) is 5.65 Å². The molecular formula is C23H25ClN8O2. The fourth-order valence-corrected chi connectivity index (χ4v) is 4.05. The summed E-state index contributed by atoms with van der Waals surface area (Å²) in [6.45, 7) is 8.73. The summed E-state index contributed by atoms with van der Waals surface area (Å²) >= 11 is 6.15. The summed E-state index contributed by atoms with van der Waals surface area (Å²) in [7, 11) is 0. The molecular weight excluding hydrogens is 456 g/mol. The molecule has 5 rings (SSSR count). The third kappa shape index (κ3) is 4.98. The first-order chi connectivity index (χ1) is 16.5. The molecule has 0 radical (unpaired) electrons. The Morgan fingerprint density at radius 3 is 2.85 bits per heavy atom. The molecule has 1 aliphatic heterocycles. The van der Waals surface area contributed by atoms with Crippen molar-refractivity contribution in [3.05, 3.63) is 68.3 Å². The van der Waals surface area contributed by atoms with Gasteiger partial charge in [0.1, 0.15) is 22.5 Å². The van der Waals surface area contributed by atoms with Crippen LogP contribution in [0.5, 0.6) is 0 Å². The third-order valence-corrected chi connectivity index (χ3v) is 5.76. The van der Waals surface area contributed by atoms with Crippen LogP contribution in [0.3, 0.4) is 0 Å². The molecule has 34 heavy (non-hydrogen) atoms. The van der Waals surface area contributed by atoms with E-state index in [1.807, 2.05) is 30.3 Å². The molecule has 4 N–H and O–H groups in total. The fourth-order valence-electron chi connectivity index (χ4n) is 3.86. The van der Waals surface area contributed by atoms with Crippen LogP contribution >= 0.6 is 11.6 Å². The second-order valence-electron chi connectivity index (χ2n) is 7.99. The summed E-state index contributed by atoms with van der Waals surface area (Å²) in [4.78, 5) is 24.8. The number of nitrogens with one attached hydrogen (secondary N) is 4. The van der Waals surface area contributed by atoms with Crippen LogP contribution in [0.15, 0.2) is 41.3 Å². The lowest BCUT2D eigenvalue weighted by molar-refractivity contribution is 0.0398. The predicted octanol–water partition coefficient (Wildman–Crippen LogP) is 1.13. The maximum absolute atomic E-state index is 12.1. The van der Waals surface area contributed by atoms with Gasteiger partial charge in [0, 0.05) is 48.5 Å². The molecule has 11 heteroatoms. The van der Waals surface area contributed by atoms with E-state index in [9.17, 15) is 4.79 Å². The highest BCUT2D eigenvalue weighted by Crippen LogP contribution is 2.23. The van der Waals surface area contributed by atoms with Crippen molar-refractivity contribution in [2.45, 2.75) is 0 Å². The Morgan fingerprint density at radius 1 is 1.24 bits per heavy atom. The Bertz CT molecular complexity index is 1470. The third-order valence-electron chi connectivity index (χ3n) is 5.53. The van der Waals surface area contributed by atoms with Crippen molar-refractivity contribution >= 4 is 47.2 Å². The minimum absolute atomic E-state index is 0.249. The van der Waals surface area contributed by atoms with Crippen LogP contribution in [-0.4, -0.2) is 68.9 Å². The van der Waals surface area contributed by atoms with E-state index < -0.39 is 0 Å². The van der Waals surface area contributed by atoms with Crippen molar-refractivity contribution < 1.29 is 4.74 Å². The van der Waals surface area contributed by atoms with Gasteiger partial charge in [-0.15, -0.1) is 0 Å². The van der Waals surface area contributed by atoms with Gasteiger partial charge in [0.2, 0.25) is 0 Å². The van der Waals surface area contributed by atoms with E-state index >= 15 is 0 Å². The number of aromatic amines is 2. The molecule has 3 aromatic heterocycles. The highest BCUT2D eigenvalue weighted by molar-refractivity contribution is 6.30. The van der Waals surface area contributed by atoms with E-state index in [0.717, 1.165) is 50.9 Å². The summed E-state index contributed by atoms with van der Waals surface area (Å²) in [5.41, 5.74) is 2.30. The van der Waals surface area contributed by atoms with Crippen LogP contribution in [0.4, 0.5) is 17.3 Å². The number of H-pyrrole nitrogens is 2. The fraction of sp³-hybridized carbons (Fsp3) is 0.261. The molecule has 4 heterocycles. The molecule has 10 nitrogen and oxygen atoms in total. The lowest BCUT2D eigenvalue weighted by Crippen LogP contribution is -2.39. The lowest BCUT2D eigenvalue weighted by Gasteiger charge is -2.26. The lowest BCUT2D eigenvalue weighted by atomic mass is 10.3. The first-order valence-electron chi connectivity index (χ1n) is 11.0. The second kappa shape index (κ2) is 9.72. The van der Waals surface area contributed by atoms with Crippen molar-refractivity contribution in [2.75, 3.05) is 50.0 Å². The molecule has 1 aromatic carbocycles. The maximum Gasteiger partial charge on any atom is 0.273 e. The van der Waals surface area contributed by atoms with Crippen LogP contribution in [0, 0.1) is 0 Å². The van der Waals surface area contributed by atoms with Crippen LogP contribution in [0.2, 0.25) is 5.02 Å². The van der Waals surface area contributed by atoms with E-state index in [1.54, 1.807) is 16.8 Å². The van der Waals surface area contributed by atoms with Gasteiger partial charge < -0.3 is 25.3 Å². The first kappa shape index (κ1) is 22.2. The van der Waals surface area contributed by atoms with Crippen molar-refractivity contribution in [3.8, 4) is 0 Å². The molecule has 0 aliphatic carbocycles. The first-order valence-corrected chi connectivity index (χ1v) is 11.4. The van der Waals surface area contributed by atoms with Gasteiger partial charge in [-0.05, 0) is 24.3 Å². The number of halogens is 1. The zero-order valence-corrected chi connectivity index (χ0v) is 19.2. The standard InChI is InChI=1S/C23H25ClN8O2/c1-15-27-19(23(33)28-15)11-16-14-26-32-21(25-5-6-31-7-9-34-10-8-31)13-20(30-22(16)32)29-18-4-2-3-17(24)12-18/h2-4,11-14,25,27H,1,5-10H2,(H,28,33)(H,29,30)/b19-11-. The van der Waals surface area contributed by atoms with Crippen molar-refractivity contribution in [3.63, 3.8) is 0 Å². The molecule has 0 amide bonds. The van der Waals surface area contributed by atoms with E-state index in [0.29, 0.717) is 32.9 Å². The molecule has 4 aromatic rings. The summed E-state index contributed by atoms with van der Waals surface area (Å²) < 4.78 is 7.16. The molecule has 0 spiro atoms. The number of anilines is 3. The van der Waals surface area contributed by atoms with Gasteiger partial charge in [0.05, 0.1) is 19.4 Å². The molecule has 0 unspecified atom stereocenters. The number of rotatable bonds is 7. The highest BCUT2D eigenvalue weighted by Gasteiger charge is 2.13. The Balaban J connectivity index is 1.50. The summed E-state index contributed by atoms with van der Waals surface area (Å²) in [5.74, 6) is 1.40. The van der Waals surface area contributed by atoms with Gasteiger partial charge in [-0.25, -0.2) is 4.98 Å². The maximum atomic E-state index is 12.1. The monoisotopic (exact) mass is 480 g/mol. The molecule has 0 bridgehead atoms. The largest absolute Gasteiger partial charge is 0.379 e. The zero-order valence-electron chi connectivity index (χ0n) is 18.5. The number of ether oxygens (including phenoxy) is 1. The van der Waals surface area contributed by atoms with Gasteiger partial charge in [-0.2, -0.15) is 9.61 Å². The van der Waals surface area contributed by atoms with Crippen molar-refractivity contribution in [1.29, 1.82) is 0 Å². The number of benzene rings is 1. The Hall–Kier alpha value is -3.60. The Kier molecular flexibility index (Phi) is 6.35. The normalized spacial score (nSPS) is 15.1. The van der Waals surface area contributed by atoms with Crippen LogP contribution < -0.4 is 27.0 Å². The zero-order chi connectivity index (χ0) is 23.5. The minimum atomic E-state index is -0.249. The number of hydrogen-bond acceptors (Lipinski definition) is 7. The Morgan fingerprint density at radius 2 is 2.09 bits per heavy atom. The number of morpholine rings is 1. The van der Waals surface area contributed by atoms with Gasteiger partial charge in [-0.3, -0.25) is 9.69 Å². The van der Waals surface area contributed by atoms with E-state index in [2.05, 4.69) is 37.2 Å². The topological polar surface area (TPSA) is 115 Å². The quantitative estimate of drug-likeness (QED) is 0.313. The van der Waals surface area contributed by atoms with Crippen molar-refractivity contribution in [2.24, 2.45) is 0 Å². The molecule has 1 saturated heterocycles. The smallest absolute Gasteiger partial charge is 0.273 e. The average Bonchev–Trinajstić information content (AvgIpc) is 3.36. The summed E-state index contributed by atoms with van der Waals surface area (Å²) in [5, 5.41) is 12.3. The molecule has 176 valence electrons. The SMILES string of the molecule is C=c1[nH]c(=O)/c(=C/c2cnn3c(NCCN4CCOCC4)cc(Nc4cccc(Cl)c4)nc23)[nH]1. The van der Waals surface area contributed by atoms with E-state index in [4.69, 9.17) is 21.3 Å². The molecule has 1 fully saturated rings. The number of fused-ring (bicyclic) bond motifs is 1. The average molecular weight is 481 g/mol. The molecule has 0 atom stereocenters. The number of hydrogen-bond donors (Lipinski definition) is 4. The molecule has 0 saturated carbocycles. The van der Waals surface area contributed by atoms with Crippen LogP contribution in [0.1, 0.15) is 5.56 Å². The minimum Gasteiger partial charge on any atom is -0.379 e. The predicted molar refractivity (Wildman–Crippen MR) is 133 cm³/mol. The van der Waals surface area contributed by atoms with Gasteiger partial charge in [-0.1, -0.05) is 24.2 Å². The van der Waals surface area contributed by atoms with Crippen LogP contribution in [-0.2, 0) is 4.74 Å². The van der Waals surface area contributed by atoms with Crippen LogP contribution in [0.25, 0.3) is 18.3 Å². The van der Waals surface area contributed by atoms with E-state index in [-0.39, 0.29) is 5.56 Å². The highest BCUT2D eigenvalue weighted by atomic mass is 35.5. The second-order valence-corrected chi connectivity index (χ2v) is 8.43. The molecule has 1 aliphatic rings. The number of imidazole rings is 1. The van der Waals surface area contributed by atoms with Crippen molar-refractivity contribution in [1.82, 2.24) is 29.5 Å². The van der Waals surface area contributed by atoms with Gasteiger partial charge >= 0.3 is 0 Å². The Labute approximate surface area is 199 Å². The van der Waals surface area contributed by atoms with Gasteiger partial charge in [0.25, 0.3) is 5.56 Å². The number of aromatic nitrogens is 5. The van der Waals surface area contributed by atoms with E-state index in [1.165, 1.54) is 0 Å². The number of nitrogens with zero attached hydrogens (tertiary/aromatic N) is 4.